The van der Waals surface area contributed by atoms with Gasteiger partial charge in [-0.15, -0.1) is 0 Å². The maximum absolute atomic E-state index is 3.69. The van der Waals surface area contributed by atoms with Crippen molar-refractivity contribution in [3.63, 3.8) is 0 Å². The van der Waals surface area contributed by atoms with Crippen LogP contribution in [0, 0.1) is 12.8 Å². The molecular formula is C16H26N2. The molecule has 0 unspecified atom stereocenters. The first-order chi connectivity index (χ1) is 8.65. The van der Waals surface area contributed by atoms with E-state index in [-0.39, 0.29) is 0 Å². The van der Waals surface area contributed by atoms with Gasteiger partial charge in [0.1, 0.15) is 0 Å². The molecular weight excluding hydrogens is 220 g/mol. The minimum atomic E-state index is 0.463. The van der Waals surface area contributed by atoms with Crippen molar-refractivity contribution in [2.75, 3.05) is 26.7 Å². The third-order valence-electron chi connectivity index (χ3n) is 4.09. The monoisotopic (exact) mass is 246 g/mol. The molecule has 1 heterocycles. The average molecular weight is 246 g/mol. The maximum Gasteiger partial charge on any atom is 0.0292 e. The van der Waals surface area contributed by atoms with Crippen LogP contribution in [0.5, 0.6) is 0 Å². The van der Waals surface area contributed by atoms with Gasteiger partial charge in [-0.3, -0.25) is 0 Å². The van der Waals surface area contributed by atoms with Crippen LogP contribution >= 0.6 is 0 Å². The lowest BCUT2D eigenvalue weighted by Crippen LogP contribution is -2.35. The van der Waals surface area contributed by atoms with Gasteiger partial charge >= 0.3 is 0 Å². The molecule has 18 heavy (non-hydrogen) atoms. The molecule has 100 valence electrons. The van der Waals surface area contributed by atoms with Gasteiger partial charge in [-0.2, -0.15) is 0 Å². The summed E-state index contributed by atoms with van der Waals surface area (Å²) in [7, 11) is 2.22. The second-order valence-electron chi connectivity index (χ2n) is 5.79. The molecule has 0 radical (unpaired) electrons. The summed E-state index contributed by atoms with van der Waals surface area (Å²) < 4.78 is 0. The third-order valence-corrected chi connectivity index (χ3v) is 4.09. The van der Waals surface area contributed by atoms with E-state index in [0.29, 0.717) is 6.04 Å². The van der Waals surface area contributed by atoms with Crippen LogP contribution in [0.15, 0.2) is 24.3 Å². The van der Waals surface area contributed by atoms with Crippen molar-refractivity contribution >= 4 is 0 Å². The number of nitrogens with one attached hydrogen (secondary N) is 1. The Balaban J connectivity index is 1.79. The molecule has 1 atom stereocenters. The topological polar surface area (TPSA) is 15.3 Å². The van der Waals surface area contributed by atoms with Crippen molar-refractivity contribution < 1.29 is 0 Å². The van der Waals surface area contributed by atoms with Crippen LogP contribution in [0.3, 0.4) is 0 Å². The molecule has 1 saturated heterocycles. The molecule has 1 aliphatic rings. The van der Waals surface area contributed by atoms with E-state index in [0.717, 1.165) is 12.5 Å². The summed E-state index contributed by atoms with van der Waals surface area (Å²) >= 11 is 0. The van der Waals surface area contributed by atoms with Gasteiger partial charge in [-0.1, -0.05) is 29.8 Å². The van der Waals surface area contributed by atoms with Crippen molar-refractivity contribution in [1.82, 2.24) is 10.2 Å². The lowest BCUT2D eigenvalue weighted by atomic mass is 9.96. The fourth-order valence-corrected chi connectivity index (χ4v) is 2.67. The second kappa shape index (κ2) is 6.35. The summed E-state index contributed by atoms with van der Waals surface area (Å²) in [5, 5.41) is 3.69. The van der Waals surface area contributed by atoms with Gasteiger partial charge in [-0.05, 0) is 64.9 Å². The summed E-state index contributed by atoms with van der Waals surface area (Å²) in [5.74, 6) is 0.855. The second-order valence-corrected chi connectivity index (χ2v) is 5.79. The molecule has 1 aromatic carbocycles. The van der Waals surface area contributed by atoms with E-state index in [1.54, 1.807) is 0 Å². The molecule has 0 aromatic heterocycles. The summed E-state index contributed by atoms with van der Waals surface area (Å²) in [6, 6.07) is 9.28. The lowest BCUT2D eigenvalue weighted by molar-refractivity contribution is 0.213. The fourth-order valence-electron chi connectivity index (χ4n) is 2.67. The number of hydrogen-bond donors (Lipinski definition) is 1. The van der Waals surface area contributed by atoms with Crippen LogP contribution in [0.2, 0.25) is 0 Å². The highest BCUT2D eigenvalue weighted by atomic mass is 15.1. The summed E-state index contributed by atoms with van der Waals surface area (Å²) in [4.78, 5) is 2.43. The van der Waals surface area contributed by atoms with Crippen molar-refractivity contribution in [3.8, 4) is 0 Å². The maximum atomic E-state index is 3.69. The smallest absolute Gasteiger partial charge is 0.0292 e. The Kier molecular flexibility index (Phi) is 4.79. The van der Waals surface area contributed by atoms with Gasteiger partial charge in [0.25, 0.3) is 0 Å². The van der Waals surface area contributed by atoms with E-state index in [9.17, 15) is 0 Å². The standard InChI is InChI=1S/C16H26N2/c1-13-5-4-6-16(11-13)14(2)17-12-15-7-9-18(3)10-8-15/h4-6,11,14-15,17H,7-10,12H2,1-3H3/t14-/m0/s1. The molecule has 1 N–H and O–H groups in total. The fraction of sp³-hybridized carbons (Fsp3) is 0.625. The first-order valence-electron chi connectivity index (χ1n) is 7.13. The molecule has 2 heteroatoms. The van der Waals surface area contributed by atoms with Crippen LogP contribution in [-0.4, -0.2) is 31.6 Å². The first kappa shape index (κ1) is 13.6. The first-order valence-corrected chi connectivity index (χ1v) is 7.13. The summed E-state index contributed by atoms with van der Waals surface area (Å²) in [5.41, 5.74) is 2.75. The molecule has 0 amide bonds. The van der Waals surface area contributed by atoms with Gasteiger partial charge in [-0.25, -0.2) is 0 Å². The van der Waals surface area contributed by atoms with E-state index >= 15 is 0 Å². The quantitative estimate of drug-likeness (QED) is 0.878. The zero-order valence-electron chi connectivity index (χ0n) is 11.9. The predicted octanol–water partition coefficient (Wildman–Crippen LogP) is 2.99. The number of rotatable bonds is 4. The molecule has 0 aliphatic carbocycles. The molecule has 1 aromatic rings. The van der Waals surface area contributed by atoms with Gasteiger partial charge < -0.3 is 10.2 Å². The van der Waals surface area contributed by atoms with Crippen molar-refractivity contribution in [2.45, 2.75) is 32.7 Å². The molecule has 0 bridgehead atoms. The summed E-state index contributed by atoms with van der Waals surface area (Å²) in [6.07, 6.45) is 2.67. The zero-order chi connectivity index (χ0) is 13.0. The van der Waals surface area contributed by atoms with E-state index in [2.05, 4.69) is 55.4 Å². The highest BCUT2D eigenvalue weighted by Crippen LogP contribution is 2.18. The number of aryl methyl sites for hydroxylation is 1. The van der Waals surface area contributed by atoms with Crippen LogP contribution in [0.4, 0.5) is 0 Å². The van der Waals surface area contributed by atoms with Crippen LogP contribution < -0.4 is 5.32 Å². The van der Waals surface area contributed by atoms with Crippen molar-refractivity contribution in [1.29, 1.82) is 0 Å². The molecule has 0 saturated carbocycles. The lowest BCUT2D eigenvalue weighted by Gasteiger charge is -2.30. The highest BCUT2D eigenvalue weighted by molar-refractivity contribution is 5.24. The number of hydrogen-bond acceptors (Lipinski definition) is 2. The normalized spacial score (nSPS) is 19.9. The Morgan fingerprint density at radius 3 is 2.72 bits per heavy atom. The van der Waals surface area contributed by atoms with Gasteiger partial charge in [0.15, 0.2) is 0 Å². The zero-order valence-corrected chi connectivity index (χ0v) is 11.9. The predicted molar refractivity (Wildman–Crippen MR) is 77.8 cm³/mol. The molecule has 1 aliphatic heterocycles. The number of likely N-dealkylation sites (tertiary alicyclic amines) is 1. The Labute approximate surface area is 111 Å². The number of nitrogens with zero attached hydrogens (tertiary/aromatic N) is 1. The van der Waals surface area contributed by atoms with E-state index in [4.69, 9.17) is 0 Å². The Morgan fingerprint density at radius 2 is 2.06 bits per heavy atom. The molecule has 0 spiro atoms. The Bertz CT molecular complexity index is 367. The van der Waals surface area contributed by atoms with Gasteiger partial charge in [0.05, 0.1) is 0 Å². The minimum Gasteiger partial charge on any atom is -0.310 e. The van der Waals surface area contributed by atoms with E-state index in [1.165, 1.54) is 37.1 Å². The molecule has 2 nitrogen and oxygen atoms in total. The summed E-state index contributed by atoms with van der Waals surface area (Å²) in [6.45, 7) is 8.09. The van der Waals surface area contributed by atoms with Crippen molar-refractivity contribution in [2.24, 2.45) is 5.92 Å². The van der Waals surface area contributed by atoms with Crippen LogP contribution in [-0.2, 0) is 0 Å². The van der Waals surface area contributed by atoms with E-state index in [1.807, 2.05) is 0 Å². The SMILES string of the molecule is Cc1cccc([C@H](C)NCC2CCN(C)CC2)c1. The van der Waals surface area contributed by atoms with Gasteiger partial charge in [0.2, 0.25) is 0 Å². The largest absolute Gasteiger partial charge is 0.310 e. The van der Waals surface area contributed by atoms with E-state index < -0.39 is 0 Å². The minimum absolute atomic E-state index is 0.463. The van der Waals surface area contributed by atoms with Crippen LogP contribution in [0.1, 0.15) is 36.9 Å². The number of piperidine rings is 1. The number of benzene rings is 1. The molecule has 1 fully saturated rings. The van der Waals surface area contributed by atoms with Crippen LogP contribution in [0.25, 0.3) is 0 Å². The molecule has 2 rings (SSSR count). The Morgan fingerprint density at radius 1 is 1.33 bits per heavy atom. The highest BCUT2D eigenvalue weighted by Gasteiger charge is 2.17. The van der Waals surface area contributed by atoms with Gasteiger partial charge in [0, 0.05) is 6.04 Å². The third kappa shape index (κ3) is 3.82. The Hall–Kier alpha value is -0.860. The average Bonchev–Trinajstić information content (AvgIpc) is 2.38. The van der Waals surface area contributed by atoms with Crippen molar-refractivity contribution in [3.05, 3.63) is 35.4 Å².